The maximum atomic E-state index is 5.77. The number of hydrogen-bond donors (Lipinski definition) is 1. The Bertz CT molecular complexity index is 559. The summed E-state index contributed by atoms with van der Waals surface area (Å²) in [4.78, 5) is 4.32. The van der Waals surface area contributed by atoms with Gasteiger partial charge in [-0.05, 0) is 43.9 Å². The third-order valence-electron chi connectivity index (χ3n) is 3.26. The first-order chi connectivity index (χ1) is 9.70. The van der Waals surface area contributed by atoms with E-state index in [2.05, 4.69) is 10.1 Å². The van der Waals surface area contributed by atoms with Gasteiger partial charge in [0.05, 0.1) is 0 Å². The molecule has 2 N–H and O–H groups in total. The third kappa shape index (κ3) is 3.36. The second-order valence-corrected chi connectivity index (χ2v) is 5.44. The molecule has 0 saturated heterocycles. The minimum Gasteiger partial charge on any atom is -0.485 e. The van der Waals surface area contributed by atoms with Crippen molar-refractivity contribution in [3.63, 3.8) is 0 Å². The number of aromatic nitrogens is 2. The number of ether oxygens (including phenoxy) is 1. The highest BCUT2D eigenvalue weighted by Crippen LogP contribution is 2.38. The van der Waals surface area contributed by atoms with E-state index in [1.54, 1.807) is 0 Å². The summed E-state index contributed by atoms with van der Waals surface area (Å²) in [5.74, 6) is 2.63. The normalized spacial score (nSPS) is 16.1. The molecule has 1 heterocycles. The van der Waals surface area contributed by atoms with Crippen molar-refractivity contribution in [3.8, 4) is 5.75 Å². The topological polar surface area (TPSA) is 74.2 Å². The first-order valence-corrected chi connectivity index (χ1v) is 7.00. The fourth-order valence-electron chi connectivity index (χ4n) is 2.06. The van der Waals surface area contributed by atoms with Crippen LogP contribution >= 0.6 is 0 Å². The van der Waals surface area contributed by atoms with E-state index in [9.17, 15) is 0 Å². The van der Waals surface area contributed by atoms with Gasteiger partial charge in [-0.25, -0.2) is 0 Å². The van der Waals surface area contributed by atoms with Crippen molar-refractivity contribution in [2.24, 2.45) is 5.73 Å². The zero-order valence-corrected chi connectivity index (χ0v) is 11.6. The smallest absolute Gasteiger partial charge is 0.229 e. The molecule has 1 aliphatic rings. The van der Waals surface area contributed by atoms with E-state index in [0.29, 0.717) is 18.3 Å². The summed E-state index contributed by atoms with van der Waals surface area (Å²) in [6, 6.07) is 8.12. The van der Waals surface area contributed by atoms with Gasteiger partial charge >= 0.3 is 0 Å². The van der Waals surface area contributed by atoms with E-state index in [4.69, 9.17) is 15.0 Å². The lowest BCUT2D eigenvalue weighted by Gasteiger charge is -2.07. The largest absolute Gasteiger partial charge is 0.485 e. The van der Waals surface area contributed by atoms with Crippen LogP contribution in [0, 0.1) is 0 Å². The summed E-state index contributed by atoms with van der Waals surface area (Å²) < 4.78 is 10.8. The molecule has 1 aromatic carbocycles. The van der Waals surface area contributed by atoms with E-state index >= 15 is 0 Å². The minimum absolute atomic E-state index is 0.168. The highest BCUT2D eigenvalue weighted by molar-refractivity contribution is 5.27. The Balaban J connectivity index is 1.54. The molecule has 0 radical (unpaired) electrons. The van der Waals surface area contributed by atoms with Gasteiger partial charge < -0.3 is 15.0 Å². The number of benzene rings is 1. The maximum absolute atomic E-state index is 5.77. The molecule has 2 aromatic rings. The Hall–Kier alpha value is -1.88. The van der Waals surface area contributed by atoms with Crippen LogP contribution in [0.2, 0.25) is 0 Å². The summed E-state index contributed by atoms with van der Waals surface area (Å²) in [5, 5.41) is 3.92. The van der Waals surface area contributed by atoms with Crippen LogP contribution in [0.25, 0.3) is 0 Å². The summed E-state index contributed by atoms with van der Waals surface area (Å²) in [6.07, 6.45) is 3.18. The lowest BCUT2D eigenvalue weighted by Crippen LogP contribution is -2.17. The van der Waals surface area contributed by atoms with Gasteiger partial charge in [-0.3, -0.25) is 0 Å². The fourth-order valence-corrected chi connectivity index (χ4v) is 2.06. The molecule has 106 valence electrons. The molecule has 1 atom stereocenters. The predicted octanol–water partition coefficient (Wildman–Crippen LogP) is 2.42. The SMILES string of the molecule is CC(N)Cc1ccc(OCc2noc(C3CC3)n2)cc1. The lowest BCUT2D eigenvalue weighted by atomic mass is 10.1. The van der Waals surface area contributed by atoms with Crippen LogP contribution in [0.5, 0.6) is 5.75 Å². The fraction of sp³-hybridized carbons (Fsp3) is 0.467. The van der Waals surface area contributed by atoms with E-state index < -0.39 is 0 Å². The van der Waals surface area contributed by atoms with Crippen LogP contribution in [0.3, 0.4) is 0 Å². The Kier molecular flexibility index (Phi) is 3.69. The Labute approximate surface area is 118 Å². The second kappa shape index (κ2) is 5.63. The Morgan fingerprint density at radius 2 is 2.10 bits per heavy atom. The van der Waals surface area contributed by atoms with Crippen LogP contribution in [0.4, 0.5) is 0 Å². The number of nitrogens with zero attached hydrogens (tertiary/aromatic N) is 2. The molecule has 0 bridgehead atoms. The van der Waals surface area contributed by atoms with Gasteiger partial charge in [0.1, 0.15) is 5.75 Å². The van der Waals surface area contributed by atoms with Crippen molar-refractivity contribution >= 4 is 0 Å². The number of hydrogen-bond acceptors (Lipinski definition) is 5. The predicted molar refractivity (Wildman–Crippen MR) is 74.4 cm³/mol. The summed E-state index contributed by atoms with van der Waals surface area (Å²) in [6.45, 7) is 2.33. The summed E-state index contributed by atoms with van der Waals surface area (Å²) in [5.41, 5.74) is 6.98. The van der Waals surface area contributed by atoms with Crippen molar-refractivity contribution in [3.05, 3.63) is 41.5 Å². The van der Waals surface area contributed by atoms with E-state index in [1.165, 1.54) is 5.56 Å². The van der Waals surface area contributed by atoms with Gasteiger partial charge in [-0.15, -0.1) is 0 Å². The van der Waals surface area contributed by atoms with E-state index in [0.717, 1.165) is 30.9 Å². The van der Waals surface area contributed by atoms with Crippen molar-refractivity contribution in [2.45, 2.75) is 44.8 Å². The first-order valence-electron chi connectivity index (χ1n) is 7.00. The molecule has 3 rings (SSSR count). The molecule has 1 aliphatic carbocycles. The first kappa shape index (κ1) is 13.1. The molecule has 1 unspecified atom stereocenters. The van der Waals surface area contributed by atoms with Crippen LogP contribution in [-0.4, -0.2) is 16.2 Å². The third-order valence-corrected chi connectivity index (χ3v) is 3.26. The molecule has 5 nitrogen and oxygen atoms in total. The molecule has 0 aliphatic heterocycles. The van der Waals surface area contributed by atoms with Crippen LogP contribution < -0.4 is 10.5 Å². The molecule has 1 aromatic heterocycles. The molecular weight excluding hydrogens is 254 g/mol. The van der Waals surface area contributed by atoms with E-state index in [-0.39, 0.29) is 6.04 Å². The van der Waals surface area contributed by atoms with Gasteiger partial charge in [0.25, 0.3) is 0 Å². The van der Waals surface area contributed by atoms with Crippen molar-refractivity contribution < 1.29 is 9.26 Å². The highest BCUT2D eigenvalue weighted by Gasteiger charge is 2.29. The zero-order valence-electron chi connectivity index (χ0n) is 11.6. The van der Waals surface area contributed by atoms with Crippen LogP contribution in [0.15, 0.2) is 28.8 Å². The van der Waals surface area contributed by atoms with Crippen molar-refractivity contribution in [1.29, 1.82) is 0 Å². The van der Waals surface area contributed by atoms with Crippen LogP contribution in [0.1, 0.15) is 43.0 Å². The standard InChI is InChI=1S/C15H19N3O2/c1-10(16)8-11-2-6-13(7-3-11)19-9-14-17-15(20-18-14)12-4-5-12/h2-3,6-7,10,12H,4-5,8-9,16H2,1H3. The van der Waals surface area contributed by atoms with Gasteiger partial charge in [-0.1, -0.05) is 17.3 Å². The summed E-state index contributed by atoms with van der Waals surface area (Å²) >= 11 is 0. The molecule has 5 heteroatoms. The van der Waals surface area contributed by atoms with Gasteiger partial charge in [0.15, 0.2) is 6.61 Å². The van der Waals surface area contributed by atoms with E-state index in [1.807, 2.05) is 31.2 Å². The molecule has 1 fully saturated rings. The molecule has 0 spiro atoms. The van der Waals surface area contributed by atoms with Gasteiger partial charge in [0.2, 0.25) is 11.7 Å². The van der Waals surface area contributed by atoms with Gasteiger partial charge in [-0.2, -0.15) is 4.98 Å². The second-order valence-electron chi connectivity index (χ2n) is 5.44. The Morgan fingerprint density at radius 1 is 1.35 bits per heavy atom. The van der Waals surface area contributed by atoms with Crippen LogP contribution in [-0.2, 0) is 13.0 Å². The summed E-state index contributed by atoms with van der Waals surface area (Å²) in [7, 11) is 0. The molecule has 0 amide bonds. The van der Waals surface area contributed by atoms with Crippen molar-refractivity contribution in [1.82, 2.24) is 10.1 Å². The van der Waals surface area contributed by atoms with Crippen molar-refractivity contribution in [2.75, 3.05) is 0 Å². The number of nitrogens with two attached hydrogens (primary N) is 1. The quantitative estimate of drug-likeness (QED) is 0.874. The average Bonchev–Trinajstić information content (AvgIpc) is 3.17. The van der Waals surface area contributed by atoms with Gasteiger partial charge in [0, 0.05) is 12.0 Å². The molecule has 20 heavy (non-hydrogen) atoms. The zero-order chi connectivity index (χ0) is 13.9. The highest BCUT2D eigenvalue weighted by atomic mass is 16.5. The molecule has 1 saturated carbocycles. The molecular formula is C15H19N3O2. The minimum atomic E-state index is 0.168. The Morgan fingerprint density at radius 3 is 2.75 bits per heavy atom. The monoisotopic (exact) mass is 273 g/mol. The number of rotatable bonds is 6. The average molecular weight is 273 g/mol. The lowest BCUT2D eigenvalue weighted by molar-refractivity contribution is 0.285. The maximum Gasteiger partial charge on any atom is 0.229 e.